The first-order valence-electron chi connectivity index (χ1n) is 11.0. The molecular formula is C23H34BrClN2O. The molecule has 1 amide bonds. The minimum Gasteiger partial charge on any atom is -0.353 e. The third-order valence-corrected chi connectivity index (χ3v) is 7.62. The summed E-state index contributed by atoms with van der Waals surface area (Å²) in [6.45, 7) is 5.62. The molecule has 1 aliphatic heterocycles. The first-order chi connectivity index (χ1) is 13.5. The molecular weight excluding hydrogens is 436 g/mol. The van der Waals surface area contributed by atoms with Crippen molar-refractivity contribution in [3.8, 4) is 0 Å². The fourth-order valence-corrected chi connectivity index (χ4v) is 5.32. The average molecular weight is 470 g/mol. The fraction of sp³-hybridized carbons (Fsp3) is 0.696. The van der Waals surface area contributed by atoms with Crippen LogP contribution in [0.25, 0.3) is 0 Å². The lowest BCUT2D eigenvalue weighted by molar-refractivity contribution is -0.121. The molecule has 28 heavy (non-hydrogen) atoms. The van der Waals surface area contributed by atoms with E-state index < -0.39 is 0 Å². The van der Waals surface area contributed by atoms with Crippen LogP contribution in [-0.2, 0) is 11.2 Å². The van der Waals surface area contributed by atoms with Crippen molar-refractivity contribution < 1.29 is 4.79 Å². The van der Waals surface area contributed by atoms with Gasteiger partial charge in [0.05, 0.1) is 0 Å². The van der Waals surface area contributed by atoms with Crippen LogP contribution in [0.15, 0.2) is 22.7 Å². The number of nitrogens with one attached hydrogen (secondary N) is 1. The summed E-state index contributed by atoms with van der Waals surface area (Å²) in [7, 11) is 0. The monoisotopic (exact) mass is 468 g/mol. The Morgan fingerprint density at radius 3 is 2.54 bits per heavy atom. The molecule has 0 bridgehead atoms. The highest BCUT2D eigenvalue weighted by Gasteiger charge is 2.24. The minimum atomic E-state index is 0.205. The normalized spacial score (nSPS) is 24.2. The SMILES string of the molecule is CCC(=O)NC1CCC(CCN2CCC(Cc3cc(Cl)ccc3Br)CC2)CC1. The zero-order chi connectivity index (χ0) is 19.9. The highest BCUT2D eigenvalue weighted by molar-refractivity contribution is 9.10. The molecule has 0 aromatic heterocycles. The molecule has 3 rings (SSSR count). The summed E-state index contributed by atoms with van der Waals surface area (Å²) in [4.78, 5) is 14.2. The highest BCUT2D eigenvalue weighted by Crippen LogP contribution is 2.30. The maximum atomic E-state index is 11.5. The van der Waals surface area contributed by atoms with E-state index in [1.54, 1.807) is 0 Å². The zero-order valence-electron chi connectivity index (χ0n) is 17.1. The number of hydrogen-bond donors (Lipinski definition) is 1. The van der Waals surface area contributed by atoms with Gasteiger partial charge in [-0.15, -0.1) is 0 Å². The van der Waals surface area contributed by atoms with Gasteiger partial charge in [-0.1, -0.05) is 34.5 Å². The van der Waals surface area contributed by atoms with Gasteiger partial charge < -0.3 is 10.2 Å². The number of halogens is 2. The van der Waals surface area contributed by atoms with Gasteiger partial charge in [-0.3, -0.25) is 4.79 Å². The summed E-state index contributed by atoms with van der Waals surface area (Å²) < 4.78 is 1.19. The molecule has 0 atom stereocenters. The molecule has 1 N–H and O–H groups in total. The van der Waals surface area contributed by atoms with Crippen LogP contribution in [0.2, 0.25) is 5.02 Å². The van der Waals surface area contributed by atoms with Gasteiger partial charge in [-0.25, -0.2) is 0 Å². The Labute approximate surface area is 183 Å². The maximum absolute atomic E-state index is 11.5. The van der Waals surface area contributed by atoms with Gasteiger partial charge in [0.25, 0.3) is 0 Å². The van der Waals surface area contributed by atoms with Crippen LogP contribution in [0.1, 0.15) is 63.9 Å². The number of benzene rings is 1. The molecule has 2 fully saturated rings. The van der Waals surface area contributed by atoms with E-state index in [0.29, 0.717) is 12.5 Å². The van der Waals surface area contributed by atoms with E-state index in [4.69, 9.17) is 11.6 Å². The van der Waals surface area contributed by atoms with Crippen molar-refractivity contribution in [3.05, 3.63) is 33.3 Å². The predicted molar refractivity (Wildman–Crippen MR) is 121 cm³/mol. The molecule has 1 aromatic carbocycles. The largest absolute Gasteiger partial charge is 0.353 e. The van der Waals surface area contributed by atoms with Gasteiger partial charge in [0, 0.05) is 22.0 Å². The number of piperidine rings is 1. The summed E-state index contributed by atoms with van der Waals surface area (Å²) in [6.07, 6.45) is 10.5. The van der Waals surface area contributed by atoms with Gasteiger partial charge in [-0.05, 0) is 107 Å². The van der Waals surface area contributed by atoms with Gasteiger partial charge in [0.2, 0.25) is 5.91 Å². The lowest BCUT2D eigenvalue weighted by atomic mass is 9.83. The van der Waals surface area contributed by atoms with Crippen molar-refractivity contribution in [2.75, 3.05) is 19.6 Å². The predicted octanol–water partition coefficient (Wildman–Crippen LogP) is 5.83. The number of carbonyl (C=O) groups is 1. The molecule has 0 radical (unpaired) electrons. The van der Waals surface area contributed by atoms with Crippen molar-refractivity contribution in [1.82, 2.24) is 10.2 Å². The molecule has 1 aromatic rings. The number of nitrogens with zero attached hydrogens (tertiary/aromatic N) is 1. The summed E-state index contributed by atoms with van der Waals surface area (Å²) in [5, 5.41) is 4.00. The van der Waals surface area contributed by atoms with E-state index in [1.165, 1.54) is 61.8 Å². The topological polar surface area (TPSA) is 32.3 Å². The van der Waals surface area contributed by atoms with Crippen LogP contribution in [0.4, 0.5) is 0 Å². The number of rotatable bonds is 7. The van der Waals surface area contributed by atoms with Gasteiger partial charge in [0.1, 0.15) is 0 Å². The second kappa shape index (κ2) is 11.0. The second-order valence-corrected chi connectivity index (χ2v) is 9.94. The van der Waals surface area contributed by atoms with Crippen LogP contribution in [0, 0.1) is 11.8 Å². The molecule has 5 heteroatoms. The quantitative estimate of drug-likeness (QED) is 0.544. The lowest BCUT2D eigenvalue weighted by Gasteiger charge is -2.34. The summed E-state index contributed by atoms with van der Waals surface area (Å²) in [5.74, 6) is 1.81. The third-order valence-electron chi connectivity index (χ3n) is 6.61. The molecule has 0 spiro atoms. The Balaban J connectivity index is 1.33. The summed E-state index contributed by atoms with van der Waals surface area (Å²) in [5.41, 5.74) is 1.35. The molecule has 1 saturated carbocycles. The molecule has 1 aliphatic carbocycles. The number of carbonyl (C=O) groups excluding carboxylic acids is 1. The van der Waals surface area contributed by atoms with E-state index in [9.17, 15) is 4.79 Å². The first-order valence-corrected chi connectivity index (χ1v) is 12.2. The Hall–Kier alpha value is -0.580. The lowest BCUT2D eigenvalue weighted by Crippen LogP contribution is -2.38. The van der Waals surface area contributed by atoms with Gasteiger partial charge in [0.15, 0.2) is 0 Å². The Morgan fingerprint density at radius 1 is 1.14 bits per heavy atom. The Bertz CT molecular complexity index is 637. The van der Waals surface area contributed by atoms with Gasteiger partial charge in [-0.2, -0.15) is 0 Å². The van der Waals surface area contributed by atoms with E-state index in [2.05, 4.69) is 38.3 Å². The second-order valence-electron chi connectivity index (χ2n) is 8.65. The van der Waals surface area contributed by atoms with Crippen molar-refractivity contribution in [3.63, 3.8) is 0 Å². The molecule has 156 valence electrons. The molecule has 0 unspecified atom stereocenters. The smallest absolute Gasteiger partial charge is 0.219 e. The third kappa shape index (κ3) is 6.74. The summed E-state index contributed by atoms with van der Waals surface area (Å²) in [6, 6.07) is 6.54. The summed E-state index contributed by atoms with van der Waals surface area (Å²) >= 11 is 9.83. The van der Waals surface area contributed by atoms with Crippen LogP contribution in [0.5, 0.6) is 0 Å². The zero-order valence-corrected chi connectivity index (χ0v) is 19.4. The first kappa shape index (κ1) is 22.1. The van der Waals surface area contributed by atoms with Crippen molar-refractivity contribution >= 4 is 33.4 Å². The van der Waals surface area contributed by atoms with Crippen molar-refractivity contribution in [2.45, 2.75) is 70.8 Å². The van der Waals surface area contributed by atoms with Crippen molar-refractivity contribution in [1.29, 1.82) is 0 Å². The van der Waals surface area contributed by atoms with E-state index in [0.717, 1.165) is 36.1 Å². The maximum Gasteiger partial charge on any atom is 0.219 e. The van der Waals surface area contributed by atoms with Crippen LogP contribution >= 0.6 is 27.5 Å². The van der Waals surface area contributed by atoms with E-state index in [-0.39, 0.29) is 5.91 Å². The standard InChI is InChI=1S/C23H34BrClN2O/c1-2-23(28)26-21-6-3-17(4-7-21)9-12-27-13-10-18(11-14-27)15-19-16-20(25)5-8-22(19)24/h5,8,16-18,21H,2-4,6-7,9-15H2,1H3,(H,26,28). The van der Waals surface area contributed by atoms with Crippen LogP contribution in [-0.4, -0.2) is 36.5 Å². The number of amides is 1. The Kier molecular flexibility index (Phi) is 8.68. The molecule has 1 heterocycles. The number of likely N-dealkylation sites (tertiary alicyclic amines) is 1. The van der Waals surface area contributed by atoms with E-state index in [1.807, 2.05) is 13.0 Å². The Morgan fingerprint density at radius 2 is 1.86 bits per heavy atom. The fourth-order valence-electron chi connectivity index (χ4n) is 4.72. The molecule has 2 aliphatic rings. The van der Waals surface area contributed by atoms with Gasteiger partial charge >= 0.3 is 0 Å². The molecule has 3 nitrogen and oxygen atoms in total. The van der Waals surface area contributed by atoms with Crippen molar-refractivity contribution in [2.24, 2.45) is 11.8 Å². The van der Waals surface area contributed by atoms with Crippen LogP contribution in [0.3, 0.4) is 0 Å². The molecule has 1 saturated heterocycles. The highest BCUT2D eigenvalue weighted by atomic mass is 79.9. The average Bonchev–Trinajstić information content (AvgIpc) is 2.71. The van der Waals surface area contributed by atoms with E-state index >= 15 is 0 Å². The van der Waals surface area contributed by atoms with Crippen LogP contribution < -0.4 is 5.32 Å². The number of hydrogen-bond acceptors (Lipinski definition) is 2. The minimum absolute atomic E-state index is 0.205.